The van der Waals surface area contributed by atoms with E-state index in [0.29, 0.717) is 35.8 Å². The Balaban J connectivity index is 1.33. The number of aliphatic hydroxyl groups is 3. The molecule has 0 aliphatic carbocycles. The van der Waals surface area contributed by atoms with Crippen LogP contribution in [0.1, 0.15) is 6.23 Å². The van der Waals surface area contributed by atoms with E-state index in [-0.39, 0.29) is 5.56 Å². The van der Waals surface area contributed by atoms with Gasteiger partial charge in [0, 0.05) is 18.2 Å². The maximum absolute atomic E-state index is 12.3. The molecule has 1 aromatic carbocycles. The number of rotatable bonds is 7. The van der Waals surface area contributed by atoms with Gasteiger partial charge in [0.05, 0.1) is 25.2 Å². The highest BCUT2D eigenvalue weighted by Gasteiger charge is 2.44. The zero-order chi connectivity index (χ0) is 23.7. The third kappa shape index (κ3) is 4.03. The van der Waals surface area contributed by atoms with Crippen LogP contribution in [0.3, 0.4) is 0 Å². The van der Waals surface area contributed by atoms with Crippen LogP contribution < -0.4 is 10.9 Å². The standard InChI is InChI=1S/C22H23N7O5/c30-10-15-18(32)19(33)22(34-15)28-12-26-17-20(24-11-25-21(17)28)23-8-9-29-16(31)7-6-14(27-29)13-4-2-1-3-5-13/h1-7,11-12,15,18-19,22,30,32-33H,8-10H2,(H,23,24,25)/t15-,18-,19-,22-/m1/s1. The fourth-order valence-electron chi connectivity index (χ4n) is 3.93. The van der Waals surface area contributed by atoms with Gasteiger partial charge in [-0.3, -0.25) is 9.36 Å². The maximum Gasteiger partial charge on any atom is 0.266 e. The van der Waals surface area contributed by atoms with Crippen molar-refractivity contribution in [2.45, 2.75) is 31.1 Å². The van der Waals surface area contributed by atoms with E-state index in [1.807, 2.05) is 30.3 Å². The third-order valence-corrected chi connectivity index (χ3v) is 5.70. The van der Waals surface area contributed by atoms with Crippen molar-refractivity contribution in [1.29, 1.82) is 0 Å². The molecule has 0 spiro atoms. The average Bonchev–Trinajstić information content (AvgIpc) is 3.42. The van der Waals surface area contributed by atoms with E-state index >= 15 is 0 Å². The predicted molar refractivity (Wildman–Crippen MR) is 121 cm³/mol. The summed E-state index contributed by atoms with van der Waals surface area (Å²) in [5.41, 5.74) is 2.20. The molecule has 4 aromatic rings. The lowest BCUT2D eigenvalue weighted by Crippen LogP contribution is -2.33. The topological polar surface area (TPSA) is 160 Å². The molecule has 1 aliphatic rings. The minimum Gasteiger partial charge on any atom is -0.394 e. The van der Waals surface area contributed by atoms with Crippen LogP contribution in [0, 0.1) is 0 Å². The first-order valence-corrected chi connectivity index (χ1v) is 10.7. The highest BCUT2D eigenvalue weighted by molar-refractivity contribution is 5.82. The molecule has 1 saturated heterocycles. The molecule has 4 heterocycles. The minimum atomic E-state index is -1.25. The van der Waals surface area contributed by atoms with Gasteiger partial charge in [0.2, 0.25) is 0 Å². The zero-order valence-corrected chi connectivity index (χ0v) is 18.0. The summed E-state index contributed by atoms with van der Waals surface area (Å²) in [7, 11) is 0. The van der Waals surface area contributed by atoms with Gasteiger partial charge in [0.1, 0.15) is 24.6 Å². The molecule has 5 rings (SSSR count). The Morgan fingerprint density at radius 2 is 1.85 bits per heavy atom. The Hall–Kier alpha value is -3.71. The van der Waals surface area contributed by atoms with E-state index in [9.17, 15) is 20.1 Å². The highest BCUT2D eigenvalue weighted by atomic mass is 16.6. The summed E-state index contributed by atoms with van der Waals surface area (Å²) in [6.45, 7) is 0.209. The van der Waals surface area contributed by atoms with Crippen LogP contribution in [-0.4, -0.2) is 76.1 Å². The van der Waals surface area contributed by atoms with E-state index in [0.717, 1.165) is 5.56 Å². The highest BCUT2D eigenvalue weighted by Crippen LogP contribution is 2.32. The fraction of sp³-hybridized carbons (Fsp3) is 0.318. The van der Waals surface area contributed by atoms with Crippen molar-refractivity contribution in [1.82, 2.24) is 29.3 Å². The second kappa shape index (κ2) is 9.27. The molecule has 0 saturated carbocycles. The Morgan fingerprint density at radius 1 is 1.03 bits per heavy atom. The van der Waals surface area contributed by atoms with Gasteiger partial charge >= 0.3 is 0 Å². The van der Waals surface area contributed by atoms with Crippen molar-refractivity contribution in [2.75, 3.05) is 18.5 Å². The number of aliphatic hydroxyl groups excluding tert-OH is 3. The van der Waals surface area contributed by atoms with Gasteiger partial charge in [-0.15, -0.1) is 0 Å². The van der Waals surface area contributed by atoms with E-state index in [4.69, 9.17) is 4.74 Å². The Bertz CT molecular complexity index is 1340. The van der Waals surface area contributed by atoms with Gasteiger partial charge in [0.25, 0.3) is 5.56 Å². The molecular formula is C22H23N7O5. The lowest BCUT2D eigenvalue weighted by Gasteiger charge is -2.16. The molecule has 4 N–H and O–H groups in total. The van der Waals surface area contributed by atoms with Crippen molar-refractivity contribution < 1.29 is 20.1 Å². The van der Waals surface area contributed by atoms with Crippen molar-refractivity contribution in [3.05, 3.63) is 65.5 Å². The van der Waals surface area contributed by atoms with E-state index in [1.165, 1.54) is 28.0 Å². The largest absolute Gasteiger partial charge is 0.394 e. The summed E-state index contributed by atoms with van der Waals surface area (Å²) < 4.78 is 8.44. The smallest absolute Gasteiger partial charge is 0.266 e. The molecule has 3 aromatic heterocycles. The Morgan fingerprint density at radius 3 is 2.62 bits per heavy atom. The second-order valence-corrected chi connectivity index (χ2v) is 7.85. The van der Waals surface area contributed by atoms with Crippen LogP contribution in [-0.2, 0) is 11.3 Å². The Labute approximate surface area is 193 Å². The lowest BCUT2D eigenvalue weighted by atomic mass is 10.1. The number of ether oxygens (including phenoxy) is 1. The van der Waals surface area contributed by atoms with Crippen molar-refractivity contribution in [3.63, 3.8) is 0 Å². The molecule has 12 nitrogen and oxygen atoms in total. The molecule has 4 atom stereocenters. The molecule has 0 bridgehead atoms. The third-order valence-electron chi connectivity index (χ3n) is 5.70. The minimum absolute atomic E-state index is 0.219. The number of nitrogens with one attached hydrogen (secondary N) is 1. The van der Waals surface area contributed by atoms with E-state index in [2.05, 4.69) is 25.4 Å². The van der Waals surface area contributed by atoms with Crippen molar-refractivity contribution >= 4 is 17.0 Å². The molecule has 176 valence electrons. The summed E-state index contributed by atoms with van der Waals surface area (Å²) in [6.07, 6.45) is -1.58. The molecular weight excluding hydrogens is 442 g/mol. The quantitative estimate of drug-likeness (QED) is 0.287. The number of hydrogen-bond donors (Lipinski definition) is 4. The van der Waals surface area contributed by atoms with Gasteiger partial charge in [0.15, 0.2) is 23.2 Å². The zero-order valence-electron chi connectivity index (χ0n) is 18.0. The molecule has 34 heavy (non-hydrogen) atoms. The van der Waals surface area contributed by atoms with E-state index < -0.39 is 31.1 Å². The van der Waals surface area contributed by atoms with Gasteiger partial charge in [-0.2, -0.15) is 5.10 Å². The van der Waals surface area contributed by atoms with Gasteiger partial charge in [-0.05, 0) is 6.07 Å². The summed E-state index contributed by atoms with van der Waals surface area (Å²) in [6, 6.07) is 12.8. The van der Waals surface area contributed by atoms with E-state index in [1.54, 1.807) is 6.07 Å². The number of aromatic nitrogens is 6. The summed E-state index contributed by atoms with van der Waals surface area (Å²) in [4.78, 5) is 25.1. The monoisotopic (exact) mass is 465 g/mol. The first-order valence-electron chi connectivity index (χ1n) is 10.7. The second-order valence-electron chi connectivity index (χ2n) is 7.85. The van der Waals surface area contributed by atoms with Gasteiger partial charge in [-0.25, -0.2) is 19.6 Å². The molecule has 1 aliphatic heterocycles. The van der Waals surface area contributed by atoms with Gasteiger partial charge < -0.3 is 25.4 Å². The first-order chi connectivity index (χ1) is 16.6. The van der Waals surface area contributed by atoms with Crippen LogP contribution in [0.15, 0.2) is 59.9 Å². The maximum atomic E-state index is 12.3. The Kier molecular flexibility index (Phi) is 6.02. The summed E-state index contributed by atoms with van der Waals surface area (Å²) in [5.74, 6) is 0.433. The first kappa shape index (κ1) is 22.1. The number of hydrogen-bond acceptors (Lipinski definition) is 10. The van der Waals surface area contributed by atoms with Gasteiger partial charge in [-0.1, -0.05) is 30.3 Å². The van der Waals surface area contributed by atoms with Crippen molar-refractivity contribution in [3.8, 4) is 11.3 Å². The summed E-state index contributed by atoms with van der Waals surface area (Å²) in [5, 5.41) is 37.3. The van der Waals surface area contributed by atoms with Crippen LogP contribution >= 0.6 is 0 Å². The molecule has 0 radical (unpaired) electrons. The number of fused-ring (bicyclic) bond motifs is 1. The lowest BCUT2D eigenvalue weighted by molar-refractivity contribution is -0.0511. The molecule has 0 amide bonds. The average molecular weight is 465 g/mol. The van der Waals surface area contributed by atoms with Crippen molar-refractivity contribution in [2.24, 2.45) is 0 Å². The van der Waals surface area contributed by atoms with Crippen LogP contribution in [0.5, 0.6) is 0 Å². The normalized spacial score (nSPS) is 22.3. The van der Waals surface area contributed by atoms with Crippen LogP contribution in [0.2, 0.25) is 0 Å². The fourth-order valence-corrected chi connectivity index (χ4v) is 3.93. The number of imidazole rings is 1. The molecule has 12 heteroatoms. The molecule has 1 fully saturated rings. The van der Waals surface area contributed by atoms with Crippen LogP contribution in [0.4, 0.5) is 5.82 Å². The SMILES string of the molecule is O=c1ccc(-c2ccccc2)nn1CCNc1ncnc2c1ncn2[C@@H]1O[C@H](CO)[C@@H](O)[C@H]1O. The summed E-state index contributed by atoms with van der Waals surface area (Å²) >= 11 is 0. The molecule has 0 unspecified atom stereocenters. The number of nitrogens with zero attached hydrogens (tertiary/aromatic N) is 6. The predicted octanol–water partition coefficient (Wildman–Crippen LogP) is -0.226. The number of anilines is 1. The number of benzene rings is 1. The van der Waals surface area contributed by atoms with Crippen LogP contribution in [0.25, 0.3) is 22.4 Å².